The number of amides is 2. The largest absolute Gasteiger partial charge is 0.388 e. The van der Waals surface area contributed by atoms with E-state index in [-0.39, 0.29) is 6.54 Å². The first-order chi connectivity index (χ1) is 11.0. The molecule has 0 radical (unpaired) electrons. The Kier molecular flexibility index (Phi) is 5.33. The van der Waals surface area contributed by atoms with Crippen molar-refractivity contribution < 1.29 is 14.3 Å². The molecule has 1 aromatic heterocycles. The van der Waals surface area contributed by atoms with Crippen LogP contribution in [0.25, 0.3) is 5.69 Å². The van der Waals surface area contributed by atoms with Crippen LogP contribution >= 0.6 is 0 Å². The third-order valence-corrected chi connectivity index (χ3v) is 3.85. The molecule has 0 atom stereocenters. The Morgan fingerprint density at radius 2 is 2.13 bits per heavy atom. The molecule has 7 heteroatoms. The molecule has 0 saturated heterocycles. The van der Waals surface area contributed by atoms with Gasteiger partial charge in [-0.05, 0) is 37.1 Å². The van der Waals surface area contributed by atoms with Gasteiger partial charge in [-0.25, -0.2) is 13.9 Å². The first-order valence-corrected chi connectivity index (χ1v) is 7.54. The number of carbonyl (C=O) groups is 1. The Bertz CT molecular complexity index is 654. The van der Waals surface area contributed by atoms with Gasteiger partial charge in [-0.1, -0.05) is 13.8 Å². The number of urea groups is 1. The molecule has 0 aliphatic carbocycles. The number of nitrogens with one attached hydrogen (secondary N) is 2. The lowest BCUT2D eigenvalue weighted by Crippen LogP contribution is -2.43. The molecule has 2 amide bonds. The molecule has 0 bridgehead atoms. The summed E-state index contributed by atoms with van der Waals surface area (Å²) in [6, 6.07) is 5.28. The maximum absolute atomic E-state index is 13.5. The molecule has 0 spiro atoms. The highest BCUT2D eigenvalue weighted by Gasteiger charge is 2.23. The lowest BCUT2D eigenvalue weighted by Gasteiger charge is -2.25. The van der Waals surface area contributed by atoms with Crippen molar-refractivity contribution >= 4 is 11.7 Å². The molecule has 1 heterocycles. The van der Waals surface area contributed by atoms with Gasteiger partial charge in [-0.15, -0.1) is 0 Å². The highest BCUT2D eigenvalue weighted by molar-refractivity contribution is 5.91. The van der Waals surface area contributed by atoms with Crippen LogP contribution in [0.4, 0.5) is 14.9 Å². The number of carbonyl (C=O) groups excluding carboxylic acids is 1. The Balaban J connectivity index is 2.10. The van der Waals surface area contributed by atoms with Gasteiger partial charge in [0, 0.05) is 18.9 Å². The number of rotatable bonds is 6. The second kappa shape index (κ2) is 7.23. The van der Waals surface area contributed by atoms with Crippen LogP contribution in [-0.2, 0) is 0 Å². The normalized spacial score (nSPS) is 11.3. The summed E-state index contributed by atoms with van der Waals surface area (Å²) in [5.74, 6) is -0.463. The van der Waals surface area contributed by atoms with Crippen molar-refractivity contribution in [3.05, 3.63) is 42.5 Å². The van der Waals surface area contributed by atoms with Gasteiger partial charge < -0.3 is 15.7 Å². The molecule has 0 fully saturated rings. The number of aromatic nitrogens is 2. The molecule has 0 aliphatic rings. The van der Waals surface area contributed by atoms with Crippen molar-refractivity contribution in [1.29, 1.82) is 0 Å². The maximum Gasteiger partial charge on any atom is 0.319 e. The topological polar surface area (TPSA) is 79.2 Å². The minimum absolute atomic E-state index is 0.123. The van der Waals surface area contributed by atoms with E-state index in [4.69, 9.17) is 0 Å². The summed E-state index contributed by atoms with van der Waals surface area (Å²) in [5.41, 5.74) is -0.0973. The lowest BCUT2D eigenvalue weighted by molar-refractivity contribution is 0.0354. The molecule has 3 N–H and O–H groups in total. The van der Waals surface area contributed by atoms with Crippen LogP contribution in [0.2, 0.25) is 0 Å². The summed E-state index contributed by atoms with van der Waals surface area (Å²) in [5, 5.41) is 19.5. The molecule has 2 aromatic rings. The standard InChI is InChI=1S/C16H21FN4O2/c1-3-16(23,4-2)11-18-15(22)20-13-10-12(17)6-7-14(13)21-9-5-8-19-21/h5-10,23H,3-4,11H2,1-2H3,(H2,18,20,22). The molecule has 1 aromatic carbocycles. The van der Waals surface area contributed by atoms with E-state index >= 15 is 0 Å². The summed E-state index contributed by atoms with van der Waals surface area (Å²) in [4.78, 5) is 12.0. The second-order valence-corrected chi connectivity index (χ2v) is 5.35. The quantitative estimate of drug-likeness (QED) is 0.765. The van der Waals surface area contributed by atoms with Crippen LogP contribution in [0.1, 0.15) is 26.7 Å². The molecule has 0 saturated carbocycles. The number of halogens is 1. The SMILES string of the molecule is CCC(O)(CC)CNC(=O)Nc1cc(F)ccc1-n1cccn1. The molecule has 23 heavy (non-hydrogen) atoms. The van der Waals surface area contributed by atoms with Gasteiger partial charge >= 0.3 is 6.03 Å². The lowest BCUT2D eigenvalue weighted by atomic mass is 9.98. The average Bonchev–Trinajstić information content (AvgIpc) is 3.07. The van der Waals surface area contributed by atoms with Gasteiger partial charge in [-0.3, -0.25) is 0 Å². The van der Waals surface area contributed by atoms with Gasteiger partial charge in [0.25, 0.3) is 0 Å². The Hall–Kier alpha value is -2.41. The summed E-state index contributed by atoms with van der Waals surface area (Å²) < 4.78 is 15.0. The van der Waals surface area contributed by atoms with Crippen LogP contribution in [0.15, 0.2) is 36.7 Å². The summed E-state index contributed by atoms with van der Waals surface area (Å²) in [7, 11) is 0. The molecular formula is C16H21FN4O2. The van der Waals surface area contributed by atoms with Crippen molar-refractivity contribution in [3.8, 4) is 5.69 Å². The summed E-state index contributed by atoms with van der Waals surface area (Å²) in [6.07, 6.45) is 4.35. The maximum atomic E-state index is 13.5. The Morgan fingerprint density at radius 3 is 2.74 bits per heavy atom. The van der Waals surface area contributed by atoms with Gasteiger partial charge in [0.1, 0.15) is 5.82 Å². The number of nitrogens with zero attached hydrogens (tertiary/aromatic N) is 2. The fourth-order valence-corrected chi connectivity index (χ4v) is 2.13. The monoisotopic (exact) mass is 320 g/mol. The van der Waals surface area contributed by atoms with Crippen molar-refractivity contribution in [1.82, 2.24) is 15.1 Å². The highest BCUT2D eigenvalue weighted by Crippen LogP contribution is 2.21. The molecule has 0 unspecified atom stereocenters. The second-order valence-electron chi connectivity index (χ2n) is 5.35. The van der Waals surface area contributed by atoms with Crippen molar-refractivity contribution in [2.45, 2.75) is 32.3 Å². The zero-order valence-electron chi connectivity index (χ0n) is 13.2. The zero-order chi connectivity index (χ0) is 16.9. The number of hydrogen-bond donors (Lipinski definition) is 3. The molecule has 124 valence electrons. The van der Waals surface area contributed by atoms with E-state index in [1.165, 1.54) is 22.9 Å². The van der Waals surface area contributed by atoms with Crippen molar-refractivity contribution in [3.63, 3.8) is 0 Å². The fraction of sp³-hybridized carbons (Fsp3) is 0.375. The van der Waals surface area contributed by atoms with E-state index in [0.29, 0.717) is 24.2 Å². The Labute approximate surface area is 134 Å². The molecular weight excluding hydrogens is 299 g/mol. The van der Waals surface area contributed by atoms with E-state index in [9.17, 15) is 14.3 Å². The van der Waals surface area contributed by atoms with Gasteiger partial charge in [0.2, 0.25) is 0 Å². The minimum Gasteiger partial charge on any atom is -0.388 e. The van der Waals surface area contributed by atoms with Gasteiger partial charge in [0.05, 0.1) is 17.0 Å². The van der Waals surface area contributed by atoms with Crippen LogP contribution < -0.4 is 10.6 Å². The smallest absolute Gasteiger partial charge is 0.319 e. The van der Waals surface area contributed by atoms with Crippen LogP contribution in [-0.4, -0.2) is 33.1 Å². The first kappa shape index (κ1) is 17.0. The van der Waals surface area contributed by atoms with E-state index in [0.717, 1.165) is 0 Å². The van der Waals surface area contributed by atoms with E-state index < -0.39 is 17.4 Å². The van der Waals surface area contributed by atoms with E-state index in [1.807, 2.05) is 13.8 Å². The number of hydrogen-bond acceptors (Lipinski definition) is 3. The predicted molar refractivity (Wildman–Crippen MR) is 86.1 cm³/mol. The highest BCUT2D eigenvalue weighted by atomic mass is 19.1. The third-order valence-electron chi connectivity index (χ3n) is 3.85. The number of aliphatic hydroxyl groups is 1. The third kappa shape index (κ3) is 4.29. The van der Waals surface area contributed by atoms with Crippen molar-refractivity contribution in [2.75, 3.05) is 11.9 Å². The van der Waals surface area contributed by atoms with Gasteiger partial charge in [-0.2, -0.15) is 5.10 Å². The average molecular weight is 320 g/mol. The minimum atomic E-state index is -0.940. The fourth-order valence-electron chi connectivity index (χ4n) is 2.13. The first-order valence-electron chi connectivity index (χ1n) is 7.54. The van der Waals surface area contributed by atoms with E-state index in [2.05, 4.69) is 15.7 Å². The summed E-state index contributed by atoms with van der Waals surface area (Å²) in [6.45, 7) is 3.83. The molecule has 2 rings (SSSR count). The molecule has 0 aliphatic heterocycles. The predicted octanol–water partition coefficient (Wildman–Crippen LogP) is 2.68. The van der Waals surface area contributed by atoms with E-state index in [1.54, 1.807) is 18.5 Å². The van der Waals surface area contributed by atoms with Crippen LogP contribution in [0.5, 0.6) is 0 Å². The van der Waals surface area contributed by atoms with Gasteiger partial charge in [0.15, 0.2) is 0 Å². The van der Waals surface area contributed by atoms with Crippen LogP contribution in [0, 0.1) is 5.82 Å². The number of anilines is 1. The van der Waals surface area contributed by atoms with Crippen LogP contribution in [0.3, 0.4) is 0 Å². The zero-order valence-corrected chi connectivity index (χ0v) is 13.2. The number of benzene rings is 1. The van der Waals surface area contributed by atoms with Crippen molar-refractivity contribution in [2.24, 2.45) is 0 Å². The molecule has 6 nitrogen and oxygen atoms in total. The summed E-state index contributed by atoms with van der Waals surface area (Å²) >= 11 is 0. The Morgan fingerprint density at radius 1 is 1.39 bits per heavy atom.